The zero-order valence-electron chi connectivity index (χ0n) is 13.2. The van der Waals surface area contributed by atoms with Gasteiger partial charge < -0.3 is 31.1 Å². The molecule has 0 spiro atoms. The minimum Gasteiger partial charge on any atom is -0.352 e. The van der Waals surface area contributed by atoms with Crippen LogP contribution in [0.3, 0.4) is 0 Å². The van der Waals surface area contributed by atoms with Gasteiger partial charge in [-0.05, 0) is 46.8 Å². The van der Waals surface area contributed by atoms with Crippen LogP contribution in [-0.4, -0.2) is 69.4 Å². The summed E-state index contributed by atoms with van der Waals surface area (Å²) in [5, 5.41) is 46.5. The molecular weight excluding hydrogens is 262 g/mol. The van der Waals surface area contributed by atoms with E-state index in [2.05, 4.69) is 10.6 Å². The first-order valence-corrected chi connectivity index (χ1v) is 7.22. The van der Waals surface area contributed by atoms with Crippen LogP contribution in [0.4, 0.5) is 0 Å². The summed E-state index contributed by atoms with van der Waals surface area (Å²) in [6, 6.07) is -1.49. The zero-order valence-corrected chi connectivity index (χ0v) is 13.2. The number of likely N-dealkylation sites (N-methyl/N-ethyl adjacent to an activating group) is 1. The Kier molecular flexibility index (Phi) is 8.12. The van der Waals surface area contributed by atoms with E-state index in [0.29, 0.717) is 13.1 Å². The molecule has 0 amide bonds. The van der Waals surface area contributed by atoms with Crippen LogP contribution < -0.4 is 10.6 Å². The molecule has 20 heavy (non-hydrogen) atoms. The van der Waals surface area contributed by atoms with Crippen LogP contribution in [0.15, 0.2) is 0 Å². The summed E-state index contributed by atoms with van der Waals surface area (Å²) >= 11 is 0. The molecule has 2 atom stereocenters. The lowest BCUT2D eigenvalue weighted by Crippen LogP contribution is -2.71. The summed E-state index contributed by atoms with van der Waals surface area (Å²) in [5.74, 6) is -4.78. The van der Waals surface area contributed by atoms with Gasteiger partial charge in [-0.1, -0.05) is 13.8 Å². The summed E-state index contributed by atoms with van der Waals surface area (Å²) in [5.41, 5.74) is 0. The molecule has 0 aromatic carbocycles. The molecule has 0 heterocycles. The number of rotatable bonds is 10. The highest BCUT2D eigenvalue weighted by molar-refractivity contribution is 4.86. The van der Waals surface area contributed by atoms with Crippen molar-refractivity contribution in [1.82, 2.24) is 15.5 Å². The van der Waals surface area contributed by atoms with Crippen molar-refractivity contribution in [1.29, 1.82) is 0 Å². The monoisotopic (exact) mass is 293 g/mol. The molecular formula is C13H31N3O4. The van der Waals surface area contributed by atoms with Crippen LogP contribution in [0.1, 0.15) is 40.5 Å². The van der Waals surface area contributed by atoms with Crippen LogP contribution >= 0.6 is 0 Å². The maximum absolute atomic E-state index is 10.2. The quantitative estimate of drug-likeness (QED) is 0.286. The van der Waals surface area contributed by atoms with Crippen LogP contribution in [0.2, 0.25) is 0 Å². The van der Waals surface area contributed by atoms with E-state index in [9.17, 15) is 20.4 Å². The van der Waals surface area contributed by atoms with Gasteiger partial charge in [0.15, 0.2) is 0 Å². The van der Waals surface area contributed by atoms with E-state index in [1.807, 2.05) is 13.8 Å². The molecule has 0 aliphatic carbocycles. The third kappa shape index (κ3) is 4.92. The van der Waals surface area contributed by atoms with Gasteiger partial charge in [0.05, 0.1) is 12.1 Å². The highest BCUT2D eigenvalue weighted by Gasteiger charge is 2.48. The van der Waals surface area contributed by atoms with Gasteiger partial charge in [-0.3, -0.25) is 0 Å². The lowest BCUT2D eigenvalue weighted by atomic mass is 10.1. The van der Waals surface area contributed by atoms with E-state index < -0.39 is 23.9 Å². The Morgan fingerprint density at radius 1 is 0.850 bits per heavy atom. The van der Waals surface area contributed by atoms with Crippen molar-refractivity contribution in [3.8, 4) is 0 Å². The molecule has 0 aliphatic heterocycles. The molecule has 0 aromatic heterocycles. The predicted molar refractivity (Wildman–Crippen MR) is 77.6 cm³/mol. The van der Waals surface area contributed by atoms with Gasteiger partial charge in [-0.15, -0.1) is 0 Å². The van der Waals surface area contributed by atoms with Crippen molar-refractivity contribution in [2.24, 2.45) is 0 Å². The van der Waals surface area contributed by atoms with Gasteiger partial charge in [-0.2, -0.15) is 0 Å². The first kappa shape index (κ1) is 19.7. The van der Waals surface area contributed by atoms with Crippen molar-refractivity contribution in [3.63, 3.8) is 0 Å². The van der Waals surface area contributed by atoms with E-state index in [0.717, 1.165) is 17.7 Å². The number of hydrogen-bond acceptors (Lipinski definition) is 7. The van der Waals surface area contributed by atoms with E-state index in [-0.39, 0.29) is 0 Å². The maximum atomic E-state index is 10.2. The first-order chi connectivity index (χ1) is 9.12. The smallest absolute Gasteiger partial charge is 0.244 e. The van der Waals surface area contributed by atoms with E-state index in [1.165, 1.54) is 7.05 Å². The van der Waals surface area contributed by atoms with Gasteiger partial charge in [0.1, 0.15) is 0 Å². The standard InChI is InChI=1S/C13H31N3O4/c1-6-8-14-10(3)12(17,18)16(5)13(19,20)11(4)15-9-7-2/h10-11,14-15,17-20H,6-9H2,1-5H3. The third-order valence-electron chi connectivity index (χ3n) is 3.55. The van der Waals surface area contributed by atoms with Crippen LogP contribution in [-0.2, 0) is 0 Å². The van der Waals surface area contributed by atoms with Crippen molar-refractivity contribution in [2.45, 2.75) is 64.4 Å². The molecule has 2 unspecified atom stereocenters. The van der Waals surface area contributed by atoms with E-state index >= 15 is 0 Å². The molecule has 0 radical (unpaired) electrons. The molecule has 122 valence electrons. The number of nitrogens with zero attached hydrogens (tertiary/aromatic N) is 1. The maximum Gasteiger partial charge on any atom is 0.244 e. The molecule has 0 aromatic rings. The molecule has 0 fully saturated rings. The van der Waals surface area contributed by atoms with Gasteiger partial charge in [0.25, 0.3) is 0 Å². The fraction of sp³-hybridized carbons (Fsp3) is 1.00. The Hall–Kier alpha value is -0.280. The van der Waals surface area contributed by atoms with Gasteiger partial charge in [0.2, 0.25) is 11.8 Å². The fourth-order valence-corrected chi connectivity index (χ4v) is 1.82. The molecule has 6 N–H and O–H groups in total. The van der Waals surface area contributed by atoms with Crippen molar-refractivity contribution in [3.05, 3.63) is 0 Å². The average Bonchev–Trinajstić information content (AvgIpc) is 2.40. The topological polar surface area (TPSA) is 108 Å². The third-order valence-corrected chi connectivity index (χ3v) is 3.55. The lowest BCUT2D eigenvalue weighted by molar-refractivity contribution is -0.389. The van der Waals surface area contributed by atoms with E-state index in [1.54, 1.807) is 13.8 Å². The Labute approximate surface area is 121 Å². The largest absolute Gasteiger partial charge is 0.352 e. The fourth-order valence-electron chi connectivity index (χ4n) is 1.82. The van der Waals surface area contributed by atoms with Crippen molar-refractivity contribution in [2.75, 3.05) is 20.1 Å². The highest BCUT2D eigenvalue weighted by Crippen LogP contribution is 2.22. The summed E-state index contributed by atoms with van der Waals surface area (Å²) in [4.78, 5) is 0.751. The lowest BCUT2D eigenvalue weighted by Gasteiger charge is -2.45. The highest BCUT2D eigenvalue weighted by atomic mass is 16.6. The first-order valence-electron chi connectivity index (χ1n) is 7.22. The Morgan fingerprint density at radius 2 is 1.15 bits per heavy atom. The molecule has 0 saturated heterocycles. The summed E-state index contributed by atoms with van der Waals surface area (Å²) in [6.07, 6.45) is 1.67. The number of nitrogens with one attached hydrogen (secondary N) is 2. The van der Waals surface area contributed by atoms with E-state index in [4.69, 9.17) is 0 Å². The summed E-state index contributed by atoms with van der Waals surface area (Å²) in [6.45, 7) is 8.27. The van der Waals surface area contributed by atoms with Crippen molar-refractivity contribution < 1.29 is 20.4 Å². The van der Waals surface area contributed by atoms with Crippen LogP contribution in [0.25, 0.3) is 0 Å². The van der Waals surface area contributed by atoms with Crippen LogP contribution in [0, 0.1) is 0 Å². The zero-order chi connectivity index (χ0) is 16.0. The minimum absolute atomic E-state index is 0.603. The minimum atomic E-state index is -2.39. The average molecular weight is 293 g/mol. The second-order valence-electron chi connectivity index (χ2n) is 5.29. The predicted octanol–water partition coefficient (Wildman–Crippen LogP) is -1.03. The molecule has 0 bridgehead atoms. The molecule has 0 saturated carbocycles. The van der Waals surface area contributed by atoms with Gasteiger partial charge in [0, 0.05) is 0 Å². The second-order valence-corrected chi connectivity index (χ2v) is 5.29. The number of aliphatic hydroxyl groups is 4. The second kappa shape index (κ2) is 8.23. The molecule has 0 rings (SSSR count). The normalized spacial score (nSPS) is 16.5. The molecule has 0 aliphatic rings. The molecule has 7 heteroatoms. The Bertz CT molecular complexity index is 248. The van der Waals surface area contributed by atoms with Gasteiger partial charge >= 0.3 is 0 Å². The number of hydrogen-bond donors (Lipinski definition) is 6. The summed E-state index contributed by atoms with van der Waals surface area (Å²) < 4.78 is 0. The summed E-state index contributed by atoms with van der Waals surface area (Å²) in [7, 11) is 1.26. The Balaban J connectivity index is 4.85. The molecule has 7 nitrogen and oxygen atoms in total. The van der Waals surface area contributed by atoms with Gasteiger partial charge in [-0.25, -0.2) is 4.90 Å². The van der Waals surface area contributed by atoms with Crippen LogP contribution in [0.5, 0.6) is 0 Å². The Morgan fingerprint density at radius 3 is 1.40 bits per heavy atom. The SMILES string of the molecule is CCCNC(C)C(O)(O)N(C)C(O)(O)C(C)NCCC. The van der Waals surface area contributed by atoms with Crippen molar-refractivity contribution >= 4 is 0 Å².